The molecular weight excluding hydrogens is 705 g/mol. The highest BCUT2D eigenvalue weighted by molar-refractivity contribution is 6.08. The quantitative estimate of drug-likeness (QED) is 0.159. The number of aromatic nitrogens is 4. The Bertz CT molecular complexity index is 3180. The first-order valence-electron chi connectivity index (χ1n) is 19.8. The summed E-state index contributed by atoms with van der Waals surface area (Å²) in [7, 11) is 0. The molecule has 0 amide bonds. The second-order valence-electron chi connectivity index (χ2n) is 15.5. The maximum Gasteiger partial charge on any atom is 0.164 e. The second-order valence-corrected chi connectivity index (χ2v) is 15.5. The predicted molar refractivity (Wildman–Crippen MR) is 242 cm³/mol. The molecule has 0 aliphatic rings. The Morgan fingerprint density at radius 3 is 1.40 bits per heavy atom. The minimum Gasteiger partial charge on any atom is -0.258 e. The normalized spacial score (nSPS) is 11.4. The van der Waals surface area contributed by atoms with E-state index >= 15 is 0 Å². The molecule has 0 saturated carbocycles. The third-order valence-corrected chi connectivity index (χ3v) is 11.0. The lowest BCUT2D eigenvalue weighted by Gasteiger charge is -2.14. The fraction of sp³-hybridized carbons (Fsp3) is 0.0741. The van der Waals surface area contributed by atoms with Crippen LogP contribution in [0.1, 0.15) is 22.5 Å². The van der Waals surface area contributed by atoms with Crippen LogP contribution in [-0.4, -0.2) is 19.9 Å². The number of rotatable bonds is 6. The Morgan fingerprint density at radius 2 is 0.707 bits per heavy atom. The number of pyridine rings is 1. The van der Waals surface area contributed by atoms with Crippen molar-refractivity contribution in [1.29, 1.82) is 0 Å². The number of hydrogen-bond donors (Lipinski definition) is 0. The molecule has 2 heterocycles. The Hall–Kier alpha value is -7.30. The van der Waals surface area contributed by atoms with Crippen LogP contribution in [0.15, 0.2) is 170 Å². The van der Waals surface area contributed by atoms with E-state index in [1.165, 1.54) is 32.5 Å². The highest BCUT2D eigenvalue weighted by Gasteiger charge is 2.16. The minimum absolute atomic E-state index is 0.626. The van der Waals surface area contributed by atoms with Crippen LogP contribution in [0.3, 0.4) is 0 Å². The lowest BCUT2D eigenvalue weighted by molar-refractivity contribution is 1.07. The van der Waals surface area contributed by atoms with Gasteiger partial charge in [0.15, 0.2) is 17.5 Å². The van der Waals surface area contributed by atoms with Crippen molar-refractivity contribution in [2.75, 3.05) is 0 Å². The minimum atomic E-state index is 0.626. The Balaban J connectivity index is 1.17. The summed E-state index contributed by atoms with van der Waals surface area (Å²) in [6, 6.07) is 61.0. The fourth-order valence-electron chi connectivity index (χ4n) is 8.33. The summed E-state index contributed by atoms with van der Waals surface area (Å²) in [5.41, 5.74) is 13.9. The number of nitrogens with zero attached hydrogens (tertiary/aromatic N) is 4. The van der Waals surface area contributed by atoms with Gasteiger partial charge in [-0.05, 0) is 148 Å². The Labute approximate surface area is 338 Å². The van der Waals surface area contributed by atoms with Crippen LogP contribution in [-0.2, 0) is 0 Å². The highest BCUT2D eigenvalue weighted by atomic mass is 15.0. The van der Waals surface area contributed by atoms with Gasteiger partial charge in [0.25, 0.3) is 0 Å². The van der Waals surface area contributed by atoms with E-state index in [0.29, 0.717) is 17.5 Å². The molecule has 0 fully saturated rings. The number of benzene rings is 8. The molecule has 8 aromatic carbocycles. The number of fused-ring (bicyclic) bond motifs is 4. The largest absolute Gasteiger partial charge is 0.258 e. The average Bonchev–Trinajstić information content (AvgIpc) is 3.25. The van der Waals surface area contributed by atoms with Crippen molar-refractivity contribution in [3.8, 4) is 67.5 Å². The summed E-state index contributed by atoms with van der Waals surface area (Å²) in [6.07, 6.45) is 0. The van der Waals surface area contributed by atoms with E-state index in [9.17, 15) is 0 Å². The molecule has 10 aromatic rings. The van der Waals surface area contributed by atoms with E-state index in [2.05, 4.69) is 189 Å². The van der Waals surface area contributed by atoms with E-state index in [1.54, 1.807) is 0 Å². The summed E-state index contributed by atoms with van der Waals surface area (Å²) >= 11 is 0. The van der Waals surface area contributed by atoms with E-state index in [-0.39, 0.29) is 0 Å². The predicted octanol–water partition coefficient (Wildman–Crippen LogP) is 14.0. The van der Waals surface area contributed by atoms with Gasteiger partial charge in [0.05, 0.1) is 0 Å². The van der Waals surface area contributed by atoms with Crippen LogP contribution in [0.5, 0.6) is 0 Å². The SMILES string of the molecule is Cc1cc(C)cc(-c2nc(-c3cc(-c4ccc(-c5cc(C)nc(C)c5)cc4)cc(-c4ccc5c(ccc6ccccc65)c4)c3)nc(-c3ccc4ccccc4c3)n2)c1. The molecule has 10 rings (SSSR count). The van der Waals surface area contributed by atoms with Gasteiger partial charge in [-0.1, -0.05) is 126 Å². The van der Waals surface area contributed by atoms with Crippen molar-refractivity contribution >= 4 is 32.3 Å². The first-order valence-corrected chi connectivity index (χ1v) is 19.8. The third kappa shape index (κ3) is 6.79. The molecule has 4 nitrogen and oxygen atoms in total. The molecule has 0 aliphatic carbocycles. The van der Waals surface area contributed by atoms with E-state index in [1.807, 2.05) is 13.8 Å². The number of aryl methyl sites for hydroxylation is 4. The molecule has 276 valence electrons. The van der Waals surface area contributed by atoms with Crippen LogP contribution >= 0.6 is 0 Å². The van der Waals surface area contributed by atoms with Crippen LogP contribution < -0.4 is 0 Å². The first-order chi connectivity index (χ1) is 28.3. The molecule has 58 heavy (non-hydrogen) atoms. The van der Waals surface area contributed by atoms with Gasteiger partial charge in [-0.15, -0.1) is 0 Å². The van der Waals surface area contributed by atoms with Crippen LogP contribution in [0, 0.1) is 27.7 Å². The van der Waals surface area contributed by atoms with Crippen molar-refractivity contribution in [2.45, 2.75) is 27.7 Å². The number of hydrogen-bond acceptors (Lipinski definition) is 4. The van der Waals surface area contributed by atoms with Gasteiger partial charge in [0, 0.05) is 28.1 Å². The standard InChI is InChI=1S/C54H40N4/c1-33-23-34(2)25-48(24-33)53-56-52(44-20-17-37-9-5-6-11-41(37)29-44)57-54(58-53)49-31-46(39-15-13-38(14-16-39)45-26-35(3)55-36(4)27-45)30-47(32-49)42-21-22-51-43(28-42)19-18-40-10-7-8-12-50(40)51/h5-32H,1-4H3. The molecule has 0 atom stereocenters. The van der Waals surface area contributed by atoms with Crippen molar-refractivity contribution in [2.24, 2.45) is 0 Å². The maximum atomic E-state index is 5.25. The monoisotopic (exact) mass is 744 g/mol. The first kappa shape index (κ1) is 35.1. The summed E-state index contributed by atoms with van der Waals surface area (Å²) in [4.78, 5) is 20.2. The molecule has 0 saturated heterocycles. The van der Waals surface area contributed by atoms with E-state index < -0.39 is 0 Å². The van der Waals surface area contributed by atoms with Crippen molar-refractivity contribution in [3.05, 3.63) is 192 Å². The molecule has 0 N–H and O–H groups in total. The lowest BCUT2D eigenvalue weighted by atomic mass is 9.93. The summed E-state index contributed by atoms with van der Waals surface area (Å²) in [5.74, 6) is 1.92. The summed E-state index contributed by atoms with van der Waals surface area (Å²) in [5, 5.41) is 7.26. The lowest BCUT2D eigenvalue weighted by Crippen LogP contribution is -2.01. The van der Waals surface area contributed by atoms with Gasteiger partial charge < -0.3 is 0 Å². The Morgan fingerprint density at radius 1 is 0.259 bits per heavy atom. The molecule has 4 heteroatoms. The van der Waals surface area contributed by atoms with Crippen molar-refractivity contribution in [3.63, 3.8) is 0 Å². The fourth-order valence-corrected chi connectivity index (χ4v) is 8.33. The van der Waals surface area contributed by atoms with Gasteiger partial charge in [-0.3, -0.25) is 4.98 Å². The van der Waals surface area contributed by atoms with Gasteiger partial charge >= 0.3 is 0 Å². The molecule has 0 aliphatic heterocycles. The zero-order valence-corrected chi connectivity index (χ0v) is 33.0. The van der Waals surface area contributed by atoms with Crippen molar-refractivity contribution < 1.29 is 0 Å². The van der Waals surface area contributed by atoms with Crippen LogP contribution in [0.2, 0.25) is 0 Å². The zero-order chi connectivity index (χ0) is 39.3. The van der Waals surface area contributed by atoms with Crippen LogP contribution in [0.4, 0.5) is 0 Å². The molecular formula is C54H40N4. The summed E-state index contributed by atoms with van der Waals surface area (Å²) in [6.45, 7) is 8.33. The Kier molecular flexibility index (Phi) is 8.68. The van der Waals surface area contributed by atoms with E-state index in [4.69, 9.17) is 15.0 Å². The van der Waals surface area contributed by atoms with Gasteiger partial charge in [-0.25, -0.2) is 15.0 Å². The van der Waals surface area contributed by atoms with Gasteiger partial charge in [0.2, 0.25) is 0 Å². The highest BCUT2D eigenvalue weighted by Crippen LogP contribution is 2.37. The van der Waals surface area contributed by atoms with Crippen LogP contribution in [0.25, 0.3) is 99.9 Å². The molecule has 0 unspecified atom stereocenters. The molecule has 2 aromatic heterocycles. The van der Waals surface area contributed by atoms with E-state index in [0.717, 1.165) is 72.4 Å². The van der Waals surface area contributed by atoms with Gasteiger partial charge in [0.1, 0.15) is 0 Å². The zero-order valence-electron chi connectivity index (χ0n) is 33.0. The maximum absolute atomic E-state index is 5.25. The van der Waals surface area contributed by atoms with Crippen molar-refractivity contribution in [1.82, 2.24) is 19.9 Å². The molecule has 0 bridgehead atoms. The smallest absolute Gasteiger partial charge is 0.164 e. The topological polar surface area (TPSA) is 51.6 Å². The van der Waals surface area contributed by atoms with Gasteiger partial charge in [-0.2, -0.15) is 0 Å². The average molecular weight is 745 g/mol. The molecule has 0 radical (unpaired) electrons. The molecule has 0 spiro atoms. The second kappa shape index (κ2) is 14.3. The third-order valence-electron chi connectivity index (χ3n) is 11.0. The summed E-state index contributed by atoms with van der Waals surface area (Å²) < 4.78 is 0.